The average Bonchev–Trinajstić information content (AvgIpc) is 3.06. The van der Waals surface area contributed by atoms with Crippen LogP contribution in [0.25, 0.3) is 6.08 Å². The van der Waals surface area contributed by atoms with Crippen LogP contribution in [0.4, 0.5) is 0 Å². The van der Waals surface area contributed by atoms with E-state index in [0.717, 1.165) is 40.2 Å². The van der Waals surface area contributed by atoms with Crippen molar-refractivity contribution in [2.24, 2.45) is 0 Å². The molecule has 0 heterocycles. The van der Waals surface area contributed by atoms with Crippen LogP contribution in [0.5, 0.6) is 11.5 Å². The molecule has 228 valence electrons. The second-order valence-corrected chi connectivity index (χ2v) is 10.6. The molecule has 0 fully saturated rings. The maximum absolute atomic E-state index is 11.2. The Hall–Kier alpha value is -4.35. The van der Waals surface area contributed by atoms with Crippen molar-refractivity contribution in [1.29, 1.82) is 0 Å². The third-order valence-electron chi connectivity index (χ3n) is 7.22. The summed E-state index contributed by atoms with van der Waals surface area (Å²) in [4.78, 5) is 11.2. The third kappa shape index (κ3) is 10.9. The van der Waals surface area contributed by atoms with Crippen molar-refractivity contribution in [3.8, 4) is 11.5 Å². The summed E-state index contributed by atoms with van der Waals surface area (Å²) in [6.07, 6.45) is 7.18. The number of carbonyl (C=O) groups is 1. The minimum absolute atomic E-state index is 0. The zero-order valence-corrected chi connectivity index (χ0v) is 28.9. The minimum Gasteiger partial charge on any atom is -0.545 e. The Morgan fingerprint density at radius 2 is 1.17 bits per heavy atom. The quantitative estimate of drug-likeness (QED) is 0.137. The fourth-order valence-corrected chi connectivity index (χ4v) is 4.91. The van der Waals surface area contributed by atoms with E-state index < -0.39 is 5.97 Å². The molecule has 0 saturated heterocycles. The first kappa shape index (κ1) is 36.1. The van der Waals surface area contributed by atoms with E-state index in [1.54, 1.807) is 18.2 Å². The van der Waals surface area contributed by atoms with Crippen LogP contribution in [-0.4, -0.2) is 5.97 Å². The molecule has 0 unspecified atom stereocenters. The van der Waals surface area contributed by atoms with Crippen molar-refractivity contribution >= 4 is 12.0 Å². The Bertz CT molecular complexity index is 1710. The fourth-order valence-electron chi connectivity index (χ4n) is 4.91. The van der Waals surface area contributed by atoms with Crippen molar-refractivity contribution in [3.05, 3.63) is 185 Å². The van der Waals surface area contributed by atoms with Crippen LogP contribution in [0.3, 0.4) is 0 Å². The Morgan fingerprint density at radius 1 is 0.652 bits per heavy atom. The van der Waals surface area contributed by atoms with Gasteiger partial charge in [0.15, 0.2) is 0 Å². The van der Waals surface area contributed by atoms with Crippen molar-refractivity contribution in [1.82, 2.24) is 0 Å². The van der Waals surface area contributed by atoms with Gasteiger partial charge in [-0.15, -0.1) is 6.58 Å². The van der Waals surface area contributed by atoms with Crippen molar-refractivity contribution in [2.45, 2.75) is 39.9 Å². The van der Waals surface area contributed by atoms with Crippen LogP contribution in [-0.2, 0) is 26.1 Å². The first-order valence-electron chi connectivity index (χ1n) is 15.0. The Balaban J connectivity index is 0.000000265. The second-order valence-electron chi connectivity index (χ2n) is 10.6. The fraction of sp³-hybridized carbons (Fsp3) is 0.146. The average molecular weight is 619 g/mol. The number of para-hydroxylation sites is 2. The molecule has 0 aliphatic heterocycles. The van der Waals surface area contributed by atoms with Gasteiger partial charge in [-0.2, -0.15) is 0 Å². The number of carboxylic acids is 1. The SMILES string of the molecule is C=CCc1cccc(C)c1OCc1ccccc1.Cc1cccc(C=CCc2ccccc2C(=O)[O-])c1OCc1ccccc1.[Na+]. The summed E-state index contributed by atoms with van der Waals surface area (Å²) in [7, 11) is 0. The number of carboxylic acid groups (broad SMARTS) is 1. The van der Waals surface area contributed by atoms with Crippen LogP contribution in [0.15, 0.2) is 140 Å². The number of hydrogen-bond donors (Lipinski definition) is 0. The normalized spacial score (nSPS) is 10.3. The summed E-state index contributed by atoms with van der Waals surface area (Å²) in [5.74, 6) is 0.675. The van der Waals surface area contributed by atoms with E-state index in [9.17, 15) is 9.90 Å². The van der Waals surface area contributed by atoms with Gasteiger partial charge >= 0.3 is 29.6 Å². The topological polar surface area (TPSA) is 58.6 Å². The summed E-state index contributed by atoms with van der Waals surface area (Å²) in [5.41, 5.74) is 7.65. The number of rotatable bonds is 12. The van der Waals surface area contributed by atoms with Crippen molar-refractivity contribution < 1.29 is 48.9 Å². The number of aromatic carboxylic acids is 1. The van der Waals surface area contributed by atoms with E-state index in [2.05, 4.69) is 43.8 Å². The molecule has 46 heavy (non-hydrogen) atoms. The summed E-state index contributed by atoms with van der Waals surface area (Å²) in [6.45, 7) is 8.99. The summed E-state index contributed by atoms with van der Waals surface area (Å²) < 4.78 is 12.0. The van der Waals surface area contributed by atoms with Gasteiger partial charge in [-0.05, 0) is 60.1 Å². The predicted octanol–water partition coefficient (Wildman–Crippen LogP) is 5.50. The van der Waals surface area contributed by atoms with Crippen molar-refractivity contribution in [2.75, 3.05) is 0 Å². The number of hydrogen-bond acceptors (Lipinski definition) is 4. The Labute approximate surface area is 295 Å². The Morgan fingerprint density at radius 3 is 1.78 bits per heavy atom. The van der Waals surface area contributed by atoms with E-state index in [-0.39, 0.29) is 35.1 Å². The van der Waals surface area contributed by atoms with Gasteiger partial charge in [0.1, 0.15) is 24.7 Å². The molecule has 5 aromatic carbocycles. The minimum atomic E-state index is -1.15. The molecule has 5 heteroatoms. The van der Waals surface area contributed by atoms with Crippen LogP contribution >= 0.6 is 0 Å². The summed E-state index contributed by atoms with van der Waals surface area (Å²) >= 11 is 0. The molecular weight excluding hydrogens is 579 g/mol. The molecule has 0 aromatic heterocycles. The van der Waals surface area contributed by atoms with Gasteiger partial charge in [-0.1, -0.05) is 140 Å². The summed E-state index contributed by atoms with van der Waals surface area (Å²) in [5, 5.41) is 11.2. The van der Waals surface area contributed by atoms with Gasteiger partial charge in [0.2, 0.25) is 0 Å². The van der Waals surface area contributed by atoms with Crippen LogP contribution in [0.1, 0.15) is 49.3 Å². The van der Waals surface area contributed by atoms with E-state index in [1.165, 1.54) is 16.7 Å². The first-order chi connectivity index (χ1) is 22.0. The van der Waals surface area contributed by atoms with Crippen LogP contribution in [0, 0.1) is 13.8 Å². The molecule has 0 radical (unpaired) electrons. The Kier molecular flexibility index (Phi) is 15.1. The van der Waals surface area contributed by atoms with E-state index in [4.69, 9.17) is 9.47 Å². The standard InChI is InChI=1S/C24H22O3.C17H18O.Na/c1-18-9-7-14-21(23(18)27-17-19-10-3-2-4-11-19)15-8-13-20-12-5-6-16-22(20)24(25)26;1-3-8-16-12-7-9-14(2)17(16)18-13-15-10-5-4-6-11-15;/h2-12,14-16H,13,17H2,1H3,(H,25,26);3-7,9-12H,1,8,13H2,2H3;/q;;+1/p-1. The van der Waals surface area contributed by atoms with Gasteiger partial charge in [0, 0.05) is 11.1 Å². The van der Waals surface area contributed by atoms with Crippen LogP contribution in [0.2, 0.25) is 0 Å². The largest absolute Gasteiger partial charge is 1.00 e. The smallest absolute Gasteiger partial charge is 0.545 e. The third-order valence-corrected chi connectivity index (χ3v) is 7.22. The zero-order valence-electron chi connectivity index (χ0n) is 26.9. The van der Waals surface area contributed by atoms with E-state index >= 15 is 0 Å². The number of allylic oxidation sites excluding steroid dienone is 2. The second kappa shape index (κ2) is 19.2. The molecule has 0 N–H and O–H groups in total. The number of carbonyl (C=O) groups excluding carboxylic acids is 1. The van der Waals surface area contributed by atoms with E-state index in [1.807, 2.05) is 97.9 Å². The number of aryl methyl sites for hydroxylation is 2. The maximum Gasteiger partial charge on any atom is 1.00 e. The molecule has 0 aliphatic carbocycles. The predicted molar refractivity (Wildman–Crippen MR) is 181 cm³/mol. The molecule has 5 aromatic rings. The van der Waals surface area contributed by atoms with Gasteiger partial charge in [-0.25, -0.2) is 0 Å². The molecule has 5 rings (SSSR count). The monoisotopic (exact) mass is 618 g/mol. The molecule has 0 saturated carbocycles. The molecule has 0 bridgehead atoms. The van der Waals surface area contributed by atoms with Gasteiger partial charge in [0.25, 0.3) is 0 Å². The summed E-state index contributed by atoms with van der Waals surface area (Å²) in [6, 6.07) is 39.4. The molecule has 0 atom stereocenters. The van der Waals surface area contributed by atoms with Gasteiger partial charge < -0.3 is 19.4 Å². The zero-order chi connectivity index (χ0) is 31.9. The van der Waals surface area contributed by atoms with Gasteiger partial charge in [0.05, 0.1) is 5.97 Å². The molecule has 0 aliphatic rings. The number of ether oxygens (including phenoxy) is 2. The maximum atomic E-state index is 11.2. The first-order valence-corrected chi connectivity index (χ1v) is 15.0. The molecular formula is C41H39NaO4. The molecule has 4 nitrogen and oxygen atoms in total. The van der Waals surface area contributed by atoms with Crippen molar-refractivity contribution in [3.63, 3.8) is 0 Å². The molecule has 0 spiro atoms. The number of benzene rings is 5. The van der Waals surface area contributed by atoms with E-state index in [0.29, 0.717) is 19.6 Å². The van der Waals surface area contributed by atoms with Crippen LogP contribution < -0.4 is 44.1 Å². The molecule has 0 amide bonds. The van der Waals surface area contributed by atoms with Gasteiger partial charge in [-0.3, -0.25) is 0 Å².